The minimum atomic E-state index is -4.42. The van der Waals surface area contributed by atoms with Crippen LogP contribution in [0.5, 0.6) is 0 Å². The fourth-order valence-corrected chi connectivity index (χ4v) is 3.34. The van der Waals surface area contributed by atoms with Gasteiger partial charge in [-0.3, -0.25) is 4.79 Å². The van der Waals surface area contributed by atoms with Gasteiger partial charge in [0.2, 0.25) is 0 Å². The summed E-state index contributed by atoms with van der Waals surface area (Å²) in [4.78, 5) is 16.9. The zero-order valence-corrected chi connectivity index (χ0v) is 16.1. The lowest BCUT2D eigenvalue weighted by molar-refractivity contribution is -0.380. The van der Waals surface area contributed by atoms with Crippen molar-refractivity contribution in [2.45, 2.75) is 38.5 Å². The average Bonchev–Trinajstić information content (AvgIpc) is 3.11. The second kappa shape index (κ2) is 7.69. The molecule has 0 aliphatic carbocycles. The predicted molar refractivity (Wildman–Crippen MR) is 98.2 cm³/mol. The van der Waals surface area contributed by atoms with E-state index in [1.165, 1.54) is 29.0 Å². The molecule has 4 rings (SSSR count). The third-order valence-electron chi connectivity index (χ3n) is 4.74. The molecule has 30 heavy (non-hydrogen) atoms. The van der Waals surface area contributed by atoms with E-state index in [4.69, 9.17) is 14.2 Å². The summed E-state index contributed by atoms with van der Waals surface area (Å²) in [5.74, 6) is -1.43. The van der Waals surface area contributed by atoms with E-state index in [1.54, 1.807) is 19.9 Å². The smallest absolute Gasteiger partial charge is 0.416 e. The lowest BCUT2D eigenvalue weighted by Gasteiger charge is -2.37. The number of carbonyl (C=O) groups excluding carboxylic acids is 1. The number of carbonyl (C=O) groups is 1. The van der Waals surface area contributed by atoms with Gasteiger partial charge in [-0.2, -0.15) is 18.3 Å². The summed E-state index contributed by atoms with van der Waals surface area (Å²) in [5.41, 5.74) is 1.12. The Morgan fingerprint density at radius 3 is 2.53 bits per heavy atom. The molecule has 2 aromatic heterocycles. The van der Waals surface area contributed by atoms with E-state index in [9.17, 15) is 18.0 Å². The molecule has 0 radical (unpaired) electrons. The van der Waals surface area contributed by atoms with Crippen molar-refractivity contribution in [1.29, 1.82) is 0 Å². The van der Waals surface area contributed by atoms with Gasteiger partial charge in [0, 0.05) is 11.8 Å². The van der Waals surface area contributed by atoms with Crippen molar-refractivity contribution in [3.63, 3.8) is 0 Å². The number of fused-ring (bicyclic) bond motifs is 1. The zero-order chi connectivity index (χ0) is 21.5. The van der Waals surface area contributed by atoms with Gasteiger partial charge in [0.05, 0.1) is 24.1 Å². The number of ether oxygens (including phenoxy) is 3. The van der Waals surface area contributed by atoms with Crippen LogP contribution in [0.3, 0.4) is 0 Å². The second-order valence-electron chi connectivity index (χ2n) is 6.68. The van der Waals surface area contributed by atoms with Crippen LogP contribution in [0.15, 0.2) is 42.7 Å². The van der Waals surface area contributed by atoms with Gasteiger partial charge < -0.3 is 14.2 Å². The SMILES string of the molecule is CCOC(=O)C(c1ccnc2c(-c3ccc(C(F)(F)F)cc3)cnn12)C1OC(C)O1. The third-order valence-corrected chi connectivity index (χ3v) is 4.74. The van der Waals surface area contributed by atoms with Crippen LogP contribution in [0.25, 0.3) is 16.8 Å². The van der Waals surface area contributed by atoms with E-state index >= 15 is 0 Å². The molecule has 158 valence electrons. The van der Waals surface area contributed by atoms with E-state index in [0.717, 1.165) is 12.1 Å². The minimum absolute atomic E-state index is 0.182. The molecule has 3 aromatic rings. The van der Waals surface area contributed by atoms with Crippen molar-refractivity contribution in [2.75, 3.05) is 6.61 Å². The highest BCUT2D eigenvalue weighted by Gasteiger charge is 2.42. The van der Waals surface area contributed by atoms with Crippen LogP contribution >= 0.6 is 0 Å². The Hall–Kier alpha value is -2.98. The molecule has 0 spiro atoms. The van der Waals surface area contributed by atoms with Crippen LogP contribution in [0.1, 0.15) is 31.0 Å². The number of alkyl halides is 3. The van der Waals surface area contributed by atoms with Crippen molar-refractivity contribution in [1.82, 2.24) is 14.6 Å². The quantitative estimate of drug-likeness (QED) is 0.584. The Morgan fingerprint density at radius 1 is 1.23 bits per heavy atom. The van der Waals surface area contributed by atoms with Gasteiger partial charge in [-0.1, -0.05) is 12.1 Å². The number of hydrogen-bond acceptors (Lipinski definition) is 6. The maximum absolute atomic E-state index is 12.8. The van der Waals surface area contributed by atoms with E-state index in [2.05, 4.69) is 10.1 Å². The van der Waals surface area contributed by atoms with Gasteiger partial charge in [0.15, 0.2) is 24.1 Å². The molecular formula is C20H18F3N3O4. The van der Waals surface area contributed by atoms with Gasteiger partial charge >= 0.3 is 12.1 Å². The third kappa shape index (κ3) is 3.63. The maximum atomic E-state index is 12.8. The first kappa shape index (κ1) is 20.3. The minimum Gasteiger partial charge on any atom is -0.465 e. The molecule has 0 N–H and O–H groups in total. The lowest BCUT2D eigenvalue weighted by Crippen LogP contribution is -2.46. The molecule has 0 saturated carbocycles. The fourth-order valence-electron chi connectivity index (χ4n) is 3.34. The van der Waals surface area contributed by atoms with Gasteiger partial charge in [-0.15, -0.1) is 0 Å². The summed E-state index contributed by atoms with van der Waals surface area (Å²) in [6, 6.07) is 6.32. The Morgan fingerprint density at radius 2 is 1.93 bits per heavy atom. The summed E-state index contributed by atoms with van der Waals surface area (Å²) in [6.07, 6.45) is -2.71. The number of rotatable bonds is 5. The average molecular weight is 421 g/mol. The van der Waals surface area contributed by atoms with E-state index in [-0.39, 0.29) is 6.61 Å². The molecule has 0 amide bonds. The highest BCUT2D eigenvalue weighted by atomic mass is 19.4. The summed E-state index contributed by atoms with van der Waals surface area (Å²) >= 11 is 0. The van der Waals surface area contributed by atoms with Crippen LogP contribution in [0.4, 0.5) is 13.2 Å². The molecular weight excluding hydrogens is 403 g/mol. The summed E-state index contributed by atoms with van der Waals surface area (Å²) in [5, 5.41) is 4.30. The molecule has 3 heterocycles. The summed E-state index contributed by atoms with van der Waals surface area (Å²) in [6.45, 7) is 3.58. The number of esters is 1. The first-order valence-corrected chi connectivity index (χ1v) is 9.27. The van der Waals surface area contributed by atoms with Crippen molar-refractivity contribution in [3.05, 3.63) is 54.0 Å². The molecule has 1 atom stereocenters. The Kier molecular flexibility index (Phi) is 5.20. The normalized spacial score (nSPS) is 20.0. The van der Waals surface area contributed by atoms with Crippen LogP contribution in [0, 0.1) is 0 Å². The molecule has 1 aliphatic heterocycles. The molecule has 1 aliphatic rings. The van der Waals surface area contributed by atoms with Gasteiger partial charge in [-0.05, 0) is 37.6 Å². The zero-order valence-electron chi connectivity index (χ0n) is 16.1. The predicted octanol–water partition coefficient (Wildman–Crippen LogP) is 3.78. The molecule has 1 saturated heterocycles. The highest BCUT2D eigenvalue weighted by molar-refractivity contribution is 5.80. The van der Waals surface area contributed by atoms with Crippen molar-refractivity contribution >= 4 is 11.6 Å². The topological polar surface area (TPSA) is 75.0 Å². The number of hydrogen-bond donors (Lipinski definition) is 0. The van der Waals surface area contributed by atoms with Gasteiger partial charge in [-0.25, -0.2) is 9.50 Å². The molecule has 0 bridgehead atoms. The van der Waals surface area contributed by atoms with Gasteiger partial charge in [0.25, 0.3) is 0 Å². The maximum Gasteiger partial charge on any atom is 0.416 e. The van der Waals surface area contributed by atoms with Crippen LogP contribution in [-0.4, -0.2) is 39.8 Å². The van der Waals surface area contributed by atoms with E-state index in [1.807, 2.05) is 0 Å². The van der Waals surface area contributed by atoms with Gasteiger partial charge in [0.1, 0.15) is 0 Å². The Bertz CT molecular complexity index is 1060. The molecule has 7 nitrogen and oxygen atoms in total. The van der Waals surface area contributed by atoms with Crippen LogP contribution < -0.4 is 0 Å². The molecule has 1 aromatic carbocycles. The highest BCUT2D eigenvalue weighted by Crippen LogP contribution is 2.35. The standard InChI is InChI=1S/C20H18F3N3O4/c1-3-28-18(27)16(19-29-11(2)30-19)15-8-9-24-17-14(10-25-26(15)17)12-4-6-13(7-5-12)20(21,22)23/h4-11,16,19H,3H2,1-2H3. The number of aromatic nitrogens is 3. The summed E-state index contributed by atoms with van der Waals surface area (Å²) in [7, 11) is 0. The first-order valence-electron chi connectivity index (χ1n) is 9.27. The van der Waals surface area contributed by atoms with Crippen LogP contribution in [0.2, 0.25) is 0 Å². The van der Waals surface area contributed by atoms with E-state index in [0.29, 0.717) is 22.5 Å². The Labute approximate surface area is 169 Å². The van der Waals surface area contributed by atoms with E-state index < -0.39 is 36.2 Å². The number of halogens is 3. The Balaban J connectivity index is 1.75. The number of nitrogens with zero attached hydrogens (tertiary/aromatic N) is 3. The second-order valence-corrected chi connectivity index (χ2v) is 6.68. The van der Waals surface area contributed by atoms with Crippen molar-refractivity contribution < 1.29 is 32.2 Å². The van der Waals surface area contributed by atoms with Crippen molar-refractivity contribution in [3.8, 4) is 11.1 Å². The molecule has 1 fully saturated rings. The van der Waals surface area contributed by atoms with Crippen molar-refractivity contribution in [2.24, 2.45) is 0 Å². The molecule has 10 heteroatoms. The largest absolute Gasteiger partial charge is 0.465 e. The number of benzene rings is 1. The lowest BCUT2D eigenvalue weighted by atomic mass is 10.0. The first-order chi connectivity index (χ1) is 14.3. The molecule has 1 unspecified atom stereocenters. The summed E-state index contributed by atoms with van der Waals surface area (Å²) < 4.78 is 56.2. The fraction of sp³-hybridized carbons (Fsp3) is 0.350. The van der Waals surface area contributed by atoms with Crippen LogP contribution in [-0.2, 0) is 25.2 Å². The monoisotopic (exact) mass is 421 g/mol.